The summed E-state index contributed by atoms with van der Waals surface area (Å²) in [4.78, 5) is 38.0. The highest BCUT2D eigenvalue weighted by molar-refractivity contribution is 7.47. The van der Waals surface area contributed by atoms with Crippen LogP contribution in [0, 0.1) is 0 Å². The Hall–Kier alpha value is -3.59. The average Bonchev–Trinajstić information content (AvgIpc) is 3.11. The minimum absolute atomic E-state index is 0.0333. The summed E-state index contributed by atoms with van der Waals surface area (Å²) in [6.07, 6.45) is 96.4. The van der Waals surface area contributed by atoms with Gasteiger partial charge in [-0.2, -0.15) is 0 Å². The van der Waals surface area contributed by atoms with Crippen LogP contribution in [0.15, 0.2) is 122 Å². The second kappa shape index (κ2) is 68.3. The normalized spacial score (nSPS) is 14.2. The van der Waals surface area contributed by atoms with Gasteiger partial charge in [0.25, 0.3) is 0 Å². The third kappa shape index (κ3) is 68.8. The van der Waals surface area contributed by atoms with Crippen molar-refractivity contribution in [2.45, 2.75) is 335 Å². The van der Waals surface area contributed by atoms with E-state index in [0.29, 0.717) is 17.4 Å². The number of nitrogens with one attached hydrogen (secondary N) is 1. The van der Waals surface area contributed by atoms with Crippen LogP contribution in [0.3, 0.4) is 0 Å². The summed E-state index contributed by atoms with van der Waals surface area (Å²) in [7, 11) is 1.48. The van der Waals surface area contributed by atoms with Crippen LogP contribution >= 0.6 is 7.82 Å². The zero-order valence-electron chi connectivity index (χ0n) is 59.3. The van der Waals surface area contributed by atoms with E-state index in [0.717, 1.165) is 122 Å². The molecule has 0 aromatic carbocycles. The highest BCUT2D eigenvalue weighted by Crippen LogP contribution is 2.43. The summed E-state index contributed by atoms with van der Waals surface area (Å²) < 4.78 is 30.9. The zero-order valence-corrected chi connectivity index (χ0v) is 60.2. The Balaban J connectivity index is 5.04. The molecule has 0 heterocycles. The van der Waals surface area contributed by atoms with Gasteiger partial charge in [0.05, 0.1) is 33.8 Å². The number of nitrogens with zero attached hydrogens (tertiary/aromatic N) is 1. The Bertz CT molecular complexity index is 1960. The molecule has 0 spiro atoms. The van der Waals surface area contributed by atoms with Gasteiger partial charge in [0.2, 0.25) is 5.91 Å². The van der Waals surface area contributed by atoms with Gasteiger partial charge in [0.15, 0.2) is 0 Å². The predicted octanol–water partition coefficient (Wildman–Crippen LogP) is 24.2. The van der Waals surface area contributed by atoms with E-state index in [1.165, 1.54) is 167 Å². The molecule has 0 radical (unpaired) electrons. The number of allylic oxidation sites excluding steroid dienone is 19. The van der Waals surface area contributed by atoms with E-state index in [1.807, 2.05) is 33.3 Å². The Kier molecular flexibility index (Phi) is 65.6. The lowest BCUT2D eigenvalue weighted by atomic mass is 10.0. The molecule has 3 unspecified atom stereocenters. The van der Waals surface area contributed by atoms with Crippen LogP contribution in [-0.4, -0.2) is 74.3 Å². The molecule has 2 N–H and O–H groups in total. The summed E-state index contributed by atoms with van der Waals surface area (Å²) in [6.45, 7) is 6.88. The molecule has 0 aromatic heterocycles. The molecule has 0 saturated carbocycles. The molecule has 9 nitrogen and oxygen atoms in total. The van der Waals surface area contributed by atoms with Crippen LogP contribution in [0.5, 0.6) is 0 Å². The van der Waals surface area contributed by atoms with Gasteiger partial charge in [0, 0.05) is 12.8 Å². The number of rotatable bonds is 67. The number of amides is 1. The second-order valence-corrected chi connectivity index (χ2v) is 27.5. The first-order valence-electron chi connectivity index (χ1n) is 37.4. The highest BCUT2D eigenvalue weighted by atomic mass is 31.2. The summed E-state index contributed by atoms with van der Waals surface area (Å²) in [5, 5.41) is 3.07. The van der Waals surface area contributed by atoms with Crippen LogP contribution in [0.2, 0.25) is 0 Å². The van der Waals surface area contributed by atoms with Crippen molar-refractivity contribution in [3.8, 4) is 0 Å². The van der Waals surface area contributed by atoms with E-state index >= 15 is 0 Å². The Morgan fingerprint density at radius 1 is 0.400 bits per heavy atom. The van der Waals surface area contributed by atoms with Crippen LogP contribution in [0.1, 0.15) is 323 Å². The fourth-order valence-electron chi connectivity index (χ4n) is 10.4. The van der Waals surface area contributed by atoms with Crippen LogP contribution in [-0.2, 0) is 27.9 Å². The summed E-state index contributed by atoms with van der Waals surface area (Å²) in [5.74, 6) is -0.514. The molecular formula is C80H142N2O7P+. The number of phosphoric ester groups is 1. The number of quaternary nitrogens is 1. The van der Waals surface area contributed by atoms with Crippen molar-refractivity contribution in [3.63, 3.8) is 0 Å². The van der Waals surface area contributed by atoms with E-state index in [-0.39, 0.29) is 31.5 Å². The Morgan fingerprint density at radius 2 is 0.711 bits per heavy atom. The lowest BCUT2D eigenvalue weighted by Gasteiger charge is -2.27. The van der Waals surface area contributed by atoms with E-state index < -0.39 is 20.0 Å². The highest BCUT2D eigenvalue weighted by Gasteiger charge is 2.30. The van der Waals surface area contributed by atoms with Crippen molar-refractivity contribution in [2.75, 3.05) is 40.9 Å². The molecule has 3 atom stereocenters. The molecule has 0 fully saturated rings. The van der Waals surface area contributed by atoms with Gasteiger partial charge >= 0.3 is 13.8 Å². The van der Waals surface area contributed by atoms with Crippen molar-refractivity contribution in [1.29, 1.82) is 0 Å². The maximum atomic E-state index is 13.6. The van der Waals surface area contributed by atoms with Crippen molar-refractivity contribution >= 4 is 19.7 Å². The molecular weight excluding hydrogens is 1130 g/mol. The Morgan fingerprint density at radius 3 is 1.09 bits per heavy atom. The molecule has 0 bridgehead atoms. The Labute approximate surface area is 556 Å². The van der Waals surface area contributed by atoms with Gasteiger partial charge in [-0.1, -0.05) is 310 Å². The number of hydrogen-bond acceptors (Lipinski definition) is 6. The summed E-state index contributed by atoms with van der Waals surface area (Å²) in [6, 6.07) is -0.862. The third-order valence-electron chi connectivity index (χ3n) is 16.1. The molecule has 90 heavy (non-hydrogen) atoms. The van der Waals surface area contributed by atoms with Crippen molar-refractivity contribution in [2.24, 2.45) is 0 Å². The monoisotopic (exact) mass is 1270 g/mol. The van der Waals surface area contributed by atoms with Gasteiger partial charge < -0.3 is 19.4 Å². The summed E-state index contributed by atoms with van der Waals surface area (Å²) >= 11 is 0. The fraction of sp³-hybridized carbons (Fsp3) is 0.725. The maximum Gasteiger partial charge on any atom is 0.472 e. The van der Waals surface area contributed by atoms with E-state index in [1.54, 1.807) is 0 Å². The first kappa shape index (κ1) is 86.4. The van der Waals surface area contributed by atoms with E-state index in [2.05, 4.69) is 135 Å². The van der Waals surface area contributed by atoms with Crippen molar-refractivity contribution in [1.82, 2.24) is 5.32 Å². The molecule has 0 rings (SSSR count). The van der Waals surface area contributed by atoms with Crippen molar-refractivity contribution in [3.05, 3.63) is 122 Å². The maximum absolute atomic E-state index is 13.6. The molecule has 0 aliphatic rings. The third-order valence-corrected chi connectivity index (χ3v) is 17.1. The molecule has 0 aliphatic heterocycles. The minimum Gasteiger partial charge on any atom is -0.456 e. The molecule has 0 aliphatic carbocycles. The zero-order chi connectivity index (χ0) is 65.6. The quantitative estimate of drug-likeness (QED) is 0.0205. The van der Waals surface area contributed by atoms with Gasteiger partial charge in [-0.05, 0) is 122 Å². The molecule has 0 aromatic rings. The van der Waals surface area contributed by atoms with Gasteiger partial charge in [0.1, 0.15) is 19.3 Å². The predicted molar refractivity (Wildman–Crippen MR) is 392 cm³/mol. The van der Waals surface area contributed by atoms with Crippen LogP contribution in [0.25, 0.3) is 0 Å². The molecule has 10 heteroatoms. The summed E-state index contributed by atoms with van der Waals surface area (Å²) in [5.41, 5.74) is 0. The second-order valence-electron chi connectivity index (χ2n) is 26.1. The first-order chi connectivity index (χ1) is 43.9. The number of hydrogen-bond donors (Lipinski definition) is 2. The SMILES string of the molecule is CC/C=C\C/C=C\C/C=C\C/C=C\C/C=C\CCCCCCCCCCCC(=O)NC(COP(=O)(O)OCC[N+](C)(C)C)C(/C=C/CCCCCCCCCCCC)OC(=O)CCCCCCCCCCCCC/C=C\C/C=C\C/C=C\C/C=C\CCCCC. The fourth-order valence-corrected chi connectivity index (χ4v) is 11.2. The number of carbonyl (C=O) groups is 2. The molecule has 1 amide bonds. The smallest absolute Gasteiger partial charge is 0.456 e. The average molecular weight is 1270 g/mol. The number of unbranched alkanes of at least 4 members (excludes halogenated alkanes) is 33. The molecule has 0 saturated heterocycles. The van der Waals surface area contributed by atoms with E-state index in [9.17, 15) is 19.0 Å². The van der Waals surface area contributed by atoms with Gasteiger partial charge in [-0.3, -0.25) is 18.6 Å². The molecule has 518 valence electrons. The van der Waals surface area contributed by atoms with Crippen LogP contribution in [0.4, 0.5) is 0 Å². The largest absolute Gasteiger partial charge is 0.472 e. The number of phosphoric acid groups is 1. The number of carbonyl (C=O) groups excluding carboxylic acids is 2. The lowest BCUT2D eigenvalue weighted by Crippen LogP contribution is -2.47. The number of likely N-dealkylation sites (N-methyl/N-ethyl adjacent to an activating group) is 1. The minimum atomic E-state index is -4.47. The number of ether oxygens (including phenoxy) is 1. The van der Waals surface area contributed by atoms with Gasteiger partial charge in [-0.15, -0.1) is 0 Å². The van der Waals surface area contributed by atoms with Crippen molar-refractivity contribution < 1.29 is 37.3 Å². The lowest BCUT2D eigenvalue weighted by molar-refractivity contribution is -0.870. The topological polar surface area (TPSA) is 111 Å². The van der Waals surface area contributed by atoms with Gasteiger partial charge in [-0.25, -0.2) is 4.57 Å². The van der Waals surface area contributed by atoms with Crippen LogP contribution < -0.4 is 5.32 Å². The number of esters is 1. The van der Waals surface area contributed by atoms with E-state index in [4.69, 9.17) is 13.8 Å². The standard InChI is InChI=1S/C80H141N2O7P/c1-7-10-13-16-19-22-25-28-30-32-34-36-38-40-41-43-45-47-49-51-53-55-58-61-64-67-70-73-80(84)89-78(71-68-65-62-59-56-27-24-21-18-15-12-9-3)77(76-88-90(85,86)87-75-74-82(4,5)6)81-79(83)72-69-66-63-60-57-54-52-50-48-46-44-42-39-37-35-33-31-29-26-23-20-17-14-11-8-2/h11,14,19-20,22-23,28-31,34-37,40-42,44,68,71,77-78H,7-10,12-13,15-18,21,24-27,32-33,38-39,43,45-67,69-70,72-76H2,1-6H3,(H-,81,83,85,86)/p+1/b14-11-,22-19-,23-20-,30-28-,31-29-,36-34-,37-35-,41-40-,44-42-,71-68+. The first-order valence-corrected chi connectivity index (χ1v) is 38.9.